The zero-order chi connectivity index (χ0) is 11.4. The maximum atomic E-state index is 5.76. The fraction of sp³-hybridized carbons (Fsp3) is 0.583. The van der Waals surface area contributed by atoms with E-state index in [-0.39, 0.29) is 0 Å². The van der Waals surface area contributed by atoms with Crippen molar-refractivity contribution >= 4 is 11.6 Å². The lowest BCUT2D eigenvalue weighted by atomic mass is 10.1. The largest absolute Gasteiger partial charge is 0.379 e. The minimum Gasteiger partial charge on any atom is -0.379 e. The highest BCUT2D eigenvalue weighted by Crippen LogP contribution is 2.11. The average Bonchev–Trinajstić information content (AvgIpc) is 2.33. The van der Waals surface area contributed by atoms with Crippen molar-refractivity contribution in [1.82, 2.24) is 9.88 Å². The lowest BCUT2D eigenvalue weighted by Crippen LogP contribution is -2.43. The molecule has 4 heteroatoms. The van der Waals surface area contributed by atoms with E-state index in [1.807, 2.05) is 18.3 Å². The van der Waals surface area contributed by atoms with Crippen LogP contribution in [0.25, 0.3) is 0 Å². The van der Waals surface area contributed by atoms with Crippen LogP contribution in [-0.2, 0) is 11.2 Å². The second-order valence-corrected chi connectivity index (χ2v) is 4.58. The predicted molar refractivity (Wildman–Crippen MR) is 64.8 cm³/mol. The maximum Gasteiger partial charge on any atom is 0.129 e. The van der Waals surface area contributed by atoms with Gasteiger partial charge in [-0.05, 0) is 25.0 Å². The van der Waals surface area contributed by atoms with E-state index in [9.17, 15) is 0 Å². The molecule has 0 saturated carbocycles. The van der Waals surface area contributed by atoms with Gasteiger partial charge >= 0.3 is 0 Å². The normalized spacial score (nSPS) is 19.6. The number of rotatable bonds is 3. The summed E-state index contributed by atoms with van der Waals surface area (Å²) in [5, 5.41) is 0.558. The quantitative estimate of drug-likeness (QED) is 0.756. The summed E-state index contributed by atoms with van der Waals surface area (Å²) in [6, 6.07) is 4.43. The summed E-state index contributed by atoms with van der Waals surface area (Å²) in [4.78, 5) is 6.56. The molecule has 0 radical (unpaired) electrons. The van der Waals surface area contributed by atoms with Crippen molar-refractivity contribution in [2.45, 2.75) is 19.4 Å². The lowest BCUT2D eigenvalue weighted by Gasteiger charge is -2.32. The van der Waals surface area contributed by atoms with Crippen LogP contribution in [0.5, 0.6) is 0 Å². The van der Waals surface area contributed by atoms with Gasteiger partial charge in [0.05, 0.1) is 13.2 Å². The third-order valence-electron chi connectivity index (χ3n) is 2.99. The number of hydrogen-bond donors (Lipinski definition) is 0. The van der Waals surface area contributed by atoms with Crippen LogP contribution in [0.3, 0.4) is 0 Å². The van der Waals surface area contributed by atoms with Crippen molar-refractivity contribution in [1.29, 1.82) is 0 Å². The van der Waals surface area contributed by atoms with Crippen LogP contribution in [0, 0.1) is 0 Å². The average molecular weight is 241 g/mol. The van der Waals surface area contributed by atoms with Crippen molar-refractivity contribution in [2.75, 3.05) is 26.3 Å². The molecule has 1 aliphatic heterocycles. The van der Waals surface area contributed by atoms with Gasteiger partial charge in [0.15, 0.2) is 0 Å². The molecule has 0 aromatic carbocycles. The van der Waals surface area contributed by atoms with Gasteiger partial charge in [-0.3, -0.25) is 4.90 Å². The van der Waals surface area contributed by atoms with Crippen molar-refractivity contribution in [2.24, 2.45) is 0 Å². The van der Waals surface area contributed by atoms with Gasteiger partial charge in [-0.1, -0.05) is 17.7 Å². The van der Waals surface area contributed by atoms with Gasteiger partial charge in [0.2, 0.25) is 0 Å². The Morgan fingerprint density at radius 3 is 2.81 bits per heavy atom. The standard InChI is InChI=1S/C12H17ClN2O/c1-10(15-4-6-16-7-5-15)8-11-2-3-12(13)14-9-11/h2-3,9-10H,4-8H2,1H3. The number of pyridine rings is 1. The van der Waals surface area contributed by atoms with Crippen LogP contribution >= 0.6 is 11.6 Å². The molecule has 0 spiro atoms. The fourth-order valence-corrected chi connectivity index (χ4v) is 2.13. The van der Waals surface area contributed by atoms with Gasteiger partial charge in [-0.15, -0.1) is 0 Å². The second kappa shape index (κ2) is 5.62. The number of halogens is 1. The first-order chi connectivity index (χ1) is 7.75. The van der Waals surface area contributed by atoms with E-state index in [1.54, 1.807) is 0 Å². The third kappa shape index (κ3) is 3.17. The molecule has 0 N–H and O–H groups in total. The molecule has 2 rings (SSSR count). The molecule has 3 nitrogen and oxygen atoms in total. The summed E-state index contributed by atoms with van der Waals surface area (Å²) in [5.41, 5.74) is 1.24. The summed E-state index contributed by atoms with van der Waals surface area (Å²) >= 11 is 5.76. The molecule has 2 heterocycles. The Labute approximate surface area is 101 Å². The van der Waals surface area contributed by atoms with Crippen molar-refractivity contribution in [3.8, 4) is 0 Å². The van der Waals surface area contributed by atoms with Crippen LogP contribution in [-0.4, -0.2) is 42.2 Å². The predicted octanol–water partition coefficient (Wildman–Crippen LogP) is 2.00. The molecule has 1 saturated heterocycles. The number of hydrogen-bond acceptors (Lipinski definition) is 3. The third-order valence-corrected chi connectivity index (χ3v) is 3.21. The zero-order valence-electron chi connectivity index (χ0n) is 9.53. The van der Waals surface area contributed by atoms with E-state index < -0.39 is 0 Å². The molecule has 1 unspecified atom stereocenters. The van der Waals surface area contributed by atoms with E-state index in [2.05, 4.69) is 16.8 Å². The Bertz CT molecular complexity index is 322. The number of ether oxygens (including phenoxy) is 1. The molecule has 16 heavy (non-hydrogen) atoms. The zero-order valence-corrected chi connectivity index (χ0v) is 10.3. The molecular formula is C12H17ClN2O. The van der Waals surface area contributed by atoms with Crippen molar-refractivity contribution < 1.29 is 4.74 Å². The summed E-state index contributed by atoms with van der Waals surface area (Å²) in [5.74, 6) is 0. The highest BCUT2D eigenvalue weighted by Gasteiger charge is 2.17. The Kier molecular flexibility index (Phi) is 4.16. The number of morpholine rings is 1. The highest BCUT2D eigenvalue weighted by molar-refractivity contribution is 6.29. The molecule has 1 fully saturated rings. The molecule has 88 valence electrons. The molecule has 1 aromatic heterocycles. The summed E-state index contributed by atoms with van der Waals surface area (Å²) in [6.45, 7) is 6.01. The van der Waals surface area contributed by atoms with Crippen molar-refractivity contribution in [3.63, 3.8) is 0 Å². The molecule has 0 amide bonds. The summed E-state index contributed by atoms with van der Waals surface area (Å²) < 4.78 is 5.34. The van der Waals surface area contributed by atoms with Crippen LogP contribution in [0.1, 0.15) is 12.5 Å². The second-order valence-electron chi connectivity index (χ2n) is 4.19. The minimum absolute atomic E-state index is 0.534. The summed E-state index contributed by atoms with van der Waals surface area (Å²) in [6.07, 6.45) is 2.88. The van der Waals surface area contributed by atoms with E-state index in [1.165, 1.54) is 5.56 Å². The van der Waals surface area contributed by atoms with Crippen LogP contribution < -0.4 is 0 Å². The molecule has 0 bridgehead atoms. The smallest absolute Gasteiger partial charge is 0.129 e. The Morgan fingerprint density at radius 1 is 1.44 bits per heavy atom. The minimum atomic E-state index is 0.534. The first-order valence-corrected chi connectivity index (χ1v) is 6.06. The van der Waals surface area contributed by atoms with Gasteiger partial charge in [-0.2, -0.15) is 0 Å². The number of aromatic nitrogens is 1. The molecule has 1 atom stereocenters. The molecule has 0 aliphatic carbocycles. The highest BCUT2D eigenvalue weighted by atomic mass is 35.5. The van der Waals surface area contributed by atoms with E-state index >= 15 is 0 Å². The van der Waals surface area contributed by atoms with E-state index in [0.29, 0.717) is 11.2 Å². The maximum absolute atomic E-state index is 5.76. The van der Waals surface area contributed by atoms with Gasteiger partial charge in [-0.25, -0.2) is 4.98 Å². The van der Waals surface area contributed by atoms with Crippen LogP contribution in [0.15, 0.2) is 18.3 Å². The fourth-order valence-electron chi connectivity index (χ4n) is 2.02. The van der Waals surface area contributed by atoms with Gasteiger partial charge in [0.25, 0.3) is 0 Å². The van der Waals surface area contributed by atoms with Gasteiger partial charge < -0.3 is 4.74 Å². The van der Waals surface area contributed by atoms with Gasteiger partial charge in [0.1, 0.15) is 5.15 Å². The lowest BCUT2D eigenvalue weighted by molar-refractivity contribution is 0.0203. The van der Waals surface area contributed by atoms with E-state index in [0.717, 1.165) is 32.7 Å². The van der Waals surface area contributed by atoms with Gasteiger partial charge in [0, 0.05) is 25.3 Å². The first kappa shape index (κ1) is 11.8. The molecule has 1 aromatic rings. The van der Waals surface area contributed by atoms with Crippen LogP contribution in [0.4, 0.5) is 0 Å². The molecular weight excluding hydrogens is 224 g/mol. The van der Waals surface area contributed by atoms with Crippen LogP contribution in [0.2, 0.25) is 5.15 Å². The topological polar surface area (TPSA) is 25.4 Å². The first-order valence-electron chi connectivity index (χ1n) is 5.68. The monoisotopic (exact) mass is 240 g/mol. The summed E-state index contributed by atoms with van der Waals surface area (Å²) in [7, 11) is 0. The Hall–Kier alpha value is -0.640. The molecule has 1 aliphatic rings. The Balaban J connectivity index is 1.90. The number of nitrogens with zero attached hydrogens (tertiary/aromatic N) is 2. The Morgan fingerprint density at radius 2 is 2.19 bits per heavy atom. The van der Waals surface area contributed by atoms with Crippen molar-refractivity contribution in [3.05, 3.63) is 29.0 Å². The SMILES string of the molecule is CC(Cc1ccc(Cl)nc1)N1CCOCC1. The van der Waals surface area contributed by atoms with E-state index in [4.69, 9.17) is 16.3 Å².